The lowest BCUT2D eigenvalue weighted by Crippen LogP contribution is -2.22. The van der Waals surface area contributed by atoms with Crippen LogP contribution in [0.1, 0.15) is 35.4 Å². The second kappa shape index (κ2) is 3.07. The molecule has 1 saturated carbocycles. The Hall–Kier alpha value is -0.410. The summed E-state index contributed by atoms with van der Waals surface area (Å²) in [5.41, 5.74) is 8.86. The number of nitrogens with zero attached hydrogens (tertiary/aromatic N) is 1. The zero-order valence-electron chi connectivity index (χ0n) is 8.26. The fourth-order valence-corrected chi connectivity index (χ4v) is 2.39. The van der Waals surface area contributed by atoms with Gasteiger partial charge in [0, 0.05) is 10.4 Å². The molecule has 0 atom stereocenters. The van der Waals surface area contributed by atoms with Gasteiger partial charge in [0.15, 0.2) is 0 Å². The Balaban J connectivity index is 2.00. The molecule has 1 fully saturated rings. The predicted octanol–water partition coefficient (Wildman–Crippen LogP) is 2.18. The fourth-order valence-electron chi connectivity index (χ4n) is 1.64. The van der Waals surface area contributed by atoms with Gasteiger partial charge < -0.3 is 5.73 Å². The molecule has 0 amide bonds. The van der Waals surface area contributed by atoms with Gasteiger partial charge in [0.1, 0.15) is 0 Å². The second-order valence-electron chi connectivity index (χ2n) is 4.17. The molecule has 0 spiro atoms. The van der Waals surface area contributed by atoms with Crippen molar-refractivity contribution >= 4 is 11.5 Å². The predicted molar refractivity (Wildman–Crippen MR) is 56.1 cm³/mol. The van der Waals surface area contributed by atoms with E-state index >= 15 is 0 Å². The Morgan fingerprint density at radius 1 is 1.46 bits per heavy atom. The molecule has 72 valence electrons. The van der Waals surface area contributed by atoms with Crippen LogP contribution in [0.5, 0.6) is 0 Å². The topological polar surface area (TPSA) is 38.9 Å². The Bertz CT molecular complexity index is 293. The van der Waals surface area contributed by atoms with Crippen LogP contribution in [0.2, 0.25) is 0 Å². The number of nitrogens with two attached hydrogens (primary N) is 1. The Morgan fingerprint density at radius 2 is 2.15 bits per heavy atom. The van der Waals surface area contributed by atoms with Gasteiger partial charge in [-0.05, 0) is 56.6 Å². The summed E-state index contributed by atoms with van der Waals surface area (Å²) in [6.07, 6.45) is 4.67. The summed E-state index contributed by atoms with van der Waals surface area (Å²) in [5, 5.41) is 0. The average molecular weight is 196 g/mol. The molecule has 1 aromatic heterocycles. The van der Waals surface area contributed by atoms with Crippen LogP contribution in [0.4, 0.5) is 0 Å². The zero-order valence-corrected chi connectivity index (χ0v) is 9.08. The van der Waals surface area contributed by atoms with Crippen molar-refractivity contribution in [3.8, 4) is 0 Å². The zero-order chi connectivity index (χ0) is 9.47. The molecule has 3 heteroatoms. The summed E-state index contributed by atoms with van der Waals surface area (Å²) >= 11 is 1.61. The molecule has 13 heavy (non-hydrogen) atoms. The quantitative estimate of drug-likeness (QED) is 0.804. The largest absolute Gasteiger partial charge is 0.325 e. The smallest absolute Gasteiger partial charge is 0.0545 e. The molecule has 1 aromatic rings. The van der Waals surface area contributed by atoms with Gasteiger partial charge in [-0.1, -0.05) is 0 Å². The molecular formula is C10H16N2S. The maximum absolute atomic E-state index is 6.05. The molecule has 0 radical (unpaired) electrons. The molecule has 2 N–H and O–H groups in total. The monoisotopic (exact) mass is 196 g/mol. The molecule has 0 aromatic carbocycles. The summed E-state index contributed by atoms with van der Waals surface area (Å²) in [7, 11) is 0. The van der Waals surface area contributed by atoms with Crippen molar-refractivity contribution in [3.05, 3.63) is 16.1 Å². The van der Waals surface area contributed by atoms with Crippen molar-refractivity contribution in [3.63, 3.8) is 0 Å². The highest BCUT2D eigenvalue weighted by atomic mass is 32.1. The van der Waals surface area contributed by atoms with Crippen LogP contribution < -0.4 is 5.73 Å². The Kier molecular flexibility index (Phi) is 2.16. The second-order valence-corrected chi connectivity index (χ2v) is 5.14. The van der Waals surface area contributed by atoms with Gasteiger partial charge in [0.05, 0.1) is 5.69 Å². The molecule has 0 aliphatic heterocycles. The fraction of sp³-hybridized carbons (Fsp3) is 0.700. The highest BCUT2D eigenvalue weighted by Crippen LogP contribution is 2.37. The molecule has 1 heterocycles. The Labute approximate surface area is 83.3 Å². The van der Waals surface area contributed by atoms with E-state index in [0.29, 0.717) is 0 Å². The van der Waals surface area contributed by atoms with E-state index < -0.39 is 0 Å². The van der Waals surface area contributed by atoms with Gasteiger partial charge in [-0.2, -0.15) is 4.37 Å². The lowest BCUT2D eigenvalue weighted by Gasteiger charge is -2.07. The standard InChI is InChI=1S/C10H16N2S/c1-7-9(8(2)13-12-7)3-4-10(11)5-6-10/h3-6,11H2,1-2H3. The van der Waals surface area contributed by atoms with Crippen molar-refractivity contribution in [1.29, 1.82) is 0 Å². The molecule has 0 bridgehead atoms. The number of aromatic nitrogens is 1. The van der Waals surface area contributed by atoms with E-state index in [1.165, 1.54) is 29.0 Å². The first-order chi connectivity index (χ1) is 6.11. The van der Waals surface area contributed by atoms with Gasteiger partial charge in [-0.25, -0.2) is 0 Å². The highest BCUT2D eigenvalue weighted by Gasteiger charge is 2.37. The van der Waals surface area contributed by atoms with E-state index in [1.54, 1.807) is 11.5 Å². The summed E-state index contributed by atoms with van der Waals surface area (Å²) in [6.45, 7) is 4.24. The van der Waals surface area contributed by atoms with Crippen LogP contribution in [-0.2, 0) is 6.42 Å². The molecular weight excluding hydrogens is 180 g/mol. The molecule has 2 nitrogen and oxygen atoms in total. The van der Waals surface area contributed by atoms with Crippen LogP contribution in [0.25, 0.3) is 0 Å². The number of rotatable bonds is 3. The van der Waals surface area contributed by atoms with Gasteiger partial charge >= 0.3 is 0 Å². The van der Waals surface area contributed by atoms with Gasteiger partial charge in [0.25, 0.3) is 0 Å². The van der Waals surface area contributed by atoms with Crippen LogP contribution >= 0.6 is 11.5 Å². The summed E-state index contributed by atoms with van der Waals surface area (Å²) in [4.78, 5) is 1.36. The lowest BCUT2D eigenvalue weighted by molar-refractivity contribution is 0.607. The first kappa shape index (κ1) is 9.16. The summed E-state index contributed by atoms with van der Waals surface area (Å²) < 4.78 is 4.34. The minimum atomic E-state index is 0.181. The molecule has 2 rings (SSSR count). The van der Waals surface area contributed by atoms with Crippen molar-refractivity contribution in [2.45, 2.75) is 45.1 Å². The minimum Gasteiger partial charge on any atom is -0.325 e. The third-order valence-electron chi connectivity index (χ3n) is 2.95. The van der Waals surface area contributed by atoms with E-state index in [2.05, 4.69) is 18.2 Å². The van der Waals surface area contributed by atoms with Crippen molar-refractivity contribution in [2.75, 3.05) is 0 Å². The average Bonchev–Trinajstić information content (AvgIpc) is 2.72. The van der Waals surface area contributed by atoms with Crippen LogP contribution in [-0.4, -0.2) is 9.91 Å². The maximum Gasteiger partial charge on any atom is 0.0545 e. The maximum atomic E-state index is 6.05. The van der Waals surface area contributed by atoms with Crippen molar-refractivity contribution < 1.29 is 0 Å². The molecule has 1 aliphatic rings. The SMILES string of the molecule is Cc1nsc(C)c1CCC1(N)CC1. The Morgan fingerprint density at radius 3 is 2.62 bits per heavy atom. The number of hydrogen-bond acceptors (Lipinski definition) is 3. The summed E-state index contributed by atoms with van der Waals surface area (Å²) in [6, 6.07) is 0. The third kappa shape index (κ3) is 1.92. The van der Waals surface area contributed by atoms with E-state index in [1.807, 2.05) is 0 Å². The number of aryl methyl sites for hydroxylation is 2. The first-order valence-electron chi connectivity index (χ1n) is 4.81. The minimum absolute atomic E-state index is 0.181. The molecule has 0 saturated heterocycles. The van der Waals surface area contributed by atoms with E-state index in [0.717, 1.165) is 12.8 Å². The molecule has 1 aliphatic carbocycles. The molecule has 0 unspecified atom stereocenters. The summed E-state index contributed by atoms with van der Waals surface area (Å²) in [5.74, 6) is 0. The highest BCUT2D eigenvalue weighted by molar-refractivity contribution is 7.05. The number of hydrogen-bond donors (Lipinski definition) is 1. The van der Waals surface area contributed by atoms with E-state index in [-0.39, 0.29) is 5.54 Å². The lowest BCUT2D eigenvalue weighted by atomic mass is 10.0. The van der Waals surface area contributed by atoms with Gasteiger partial charge in [-0.15, -0.1) is 0 Å². The first-order valence-corrected chi connectivity index (χ1v) is 5.59. The van der Waals surface area contributed by atoms with E-state index in [4.69, 9.17) is 5.73 Å². The van der Waals surface area contributed by atoms with Gasteiger partial charge in [-0.3, -0.25) is 0 Å². The van der Waals surface area contributed by atoms with Gasteiger partial charge in [0.2, 0.25) is 0 Å². The van der Waals surface area contributed by atoms with Crippen LogP contribution in [0, 0.1) is 13.8 Å². The van der Waals surface area contributed by atoms with E-state index in [9.17, 15) is 0 Å². The van der Waals surface area contributed by atoms with Crippen molar-refractivity contribution in [2.24, 2.45) is 5.73 Å². The third-order valence-corrected chi connectivity index (χ3v) is 3.83. The van der Waals surface area contributed by atoms with Crippen LogP contribution in [0.3, 0.4) is 0 Å². The normalized spacial score (nSPS) is 19.0. The van der Waals surface area contributed by atoms with Crippen molar-refractivity contribution in [1.82, 2.24) is 4.37 Å². The van der Waals surface area contributed by atoms with Crippen LogP contribution in [0.15, 0.2) is 0 Å².